The lowest BCUT2D eigenvalue weighted by molar-refractivity contribution is 0.484. The summed E-state index contributed by atoms with van der Waals surface area (Å²) >= 11 is 0. The third-order valence-electron chi connectivity index (χ3n) is 0.365. The molecule has 46 valence electrons. The van der Waals surface area contributed by atoms with Crippen LogP contribution < -0.4 is 0 Å². The SMILES string of the molecule is Br.CCS(=O)(=O)O. The maximum atomic E-state index is 9.56. The maximum Gasteiger partial charge on any atom is 0.264 e. The molecule has 5 heteroatoms. The molecule has 0 aromatic carbocycles. The lowest BCUT2D eigenvalue weighted by atomic mass is 11.0. The van der Waals surface area contributed by atoms with Gasteiger partial charge in [-0.3, -0.25) is 4.55 Å². The molecule has 0 unspecified atom stereocenters. The van der Waals surface area contributed by atoms with Gasteiger partial charge in [0.25, 0.3) is 10.1 Å². The monoisotopic (exact) mass is 190 g/mol. The van der Waals surface area contributed by atoms with Gasteiger partial charge < -0.3 is 0 Å². The fourth-order valence-electron chi connectivity index (χ4n) is 0. The van der Waals surface area contributed by atoms with Crippen LogP contribution >= 0.6 is 17.0 Å². The first-order valence-electron chi connectivity index (χ1n) is 1.51. The van der Waals surface area contributed by atoms with Crippen LogP contribution in [0.3, 0.4) is 0 Å². The number of halogens is 1. The highest BCUT2D eigenvalue weighted by Crippen LogP contribution is 1.74. The average molecular weight is 191 g/mol. The lowest BCUT2D eigenvalue weighted by Gasteiger charge is -1.79. The van der Waals surface area contributed by atoms with E-state index in [1.54, 1.807) is 0 Å². The fourth-order valence-corrected chi connectivity index (χ4v) is 0. The molecule has 0 spiro atoms. The predicted molar refractivity (Wildman–Crippen MR) is 32.4 cm³/mol. The molecular weight excluding hydrogens is 184 g/mol. The van der Waals surface area contributed by atoms with Gasteiger partial charge in [-0.15, -0.1) is 17.0 Å². The van der Waals surface area contributed by atoms with Gasteiger partial charge in [-0.2, -0.15) is 8.42 Å². The summed E-state index contributed by atoms with van der Waals surface area (Å²) in [6.45, 7) is 1.37. The van der Waals surface area contributed by atoms with Crippen molar-refractivity contribution in [3.05, 3.63) is 0 Å². The summed E-state index contributed by atoms with van der Waals surface area (Å²) in [6, 6.07) is 0. The second-order valence-electron chi connectivity index (χ2n) is 0.871. The van der Waals surface area contributed by atoms with E-state index >= 15 is 0 Å². The molecule has 7 heavy (non-hydrogen) atoms. The molecule has 0 aliphatic carbocycles. The Morgan fingerprint density at radius 2 is 1.71 bits per heavy atom. The molecule has 0 aromatic heterocycles. The van der Waals surface area contributed by atoms with Crippen molar-refractivity contribution in [2.75, 3.05) is 5.75 Å². The van der Waals surface area contributed by atoms with Crippen LogP contribution in [0, 0.1) is 0 Å². The van der Waals surface area contributed by atoms with Crippen LogP contribution in [0.4, 0.5) is 0 Å². The summed E-state index contributed by atoms with van der Waals surface area (Å²) in [5.41, 5.74) is 0. The van der Waals surface area contributed by atoms with Gasteiger partial charge in [0.15, 0.2) is 0 Å². The Hall–Kier alpha value is 0.390. The van der Waals surface area contributed by atoms with Gasteiger partial charge in [0.2, 0.25) is 0 Å². The first kappa shape index (κ1) is 10.4. The molecule has 0 atom stereocenters. The molecule has 0 radical (unpaired) electrons. The minimum atomic E-state index is -3.66. The Morgan fingerprint density at radius 1 is 1.57 bits per heavy atom. The second-order valence-corrected chi connectivity index (χ2v) is 2.61. The van der Waals surface area contributed by atoms with Crippen molar-refractivity contribution in [3.8, 4) is 0 Å². The minimum absolute atomic E-state index is 0. The van der Waals surface area contributed by atoms with E-state index < -0.39 is 10.1 Å². The van der Waals surface area contributed by atoms with Gasteiger partial charge in [-0.05, 0) is 6.92 Å². The molecule has 0 amide bonds. The molecule has 0 saturated carbocycles. The van der Waals surface area contributed by atoms with E-state index in [9.17, 15) is 8.42 Å². The van der Waals surface area contributed by atoms with Crippen molar-refractivity contribution in [1.82, 2.24) is 0 Å². The first-order chi connectivity index (χ1) is 2.56. The van der Waals surface area contributed by atoms with Gasteiger partial charge in [0.05, 0.1) is 5.75 Å². The minimum Gasteiger partial charge on any atom is -0.286 e. The van der Waals surface area contributed by atoms with Gasteiger partial charge in [-0.25, -0.2) is 0 Å². The molecule has 0 aliphatic heterocycles. The zero-order valence-electron chi connectivity index (χ0n) is 3.79. The van der Waals surface area contributed by atoms with Crippen LogP contribution in [0.5, 0.6) is 0 Å². The molecule has 0 saturated heterocycles. The highest BCUT2D eigenvalue weighted by Gasteiger charge is 1.93. The molecule has 0 heterocycles. The van der Waals surface area contributed by atoms with Crippen LogP contribution in [0.25, 0.3) is 0 Å². The van der Waals surface area contributed by atoms with E-state index in [4.69, 9.17) is 4.55 Å². The van der Waals surface area contributed by atoms with Crippen LogP contribution in [-0.4, -0.2) is 18.7 Å². The maximum absolute atomic E-state index is 9.56. The predicted octanol–water partition coefficient (Wildman–Crippen LogP) is 0.472. The Morgan fingerprint density at radius 3 is 1.71 bits per heavy atom. The second kappa shape index (κ2) is 3.40. The highest BCUT2D eigenvalue weighted by molar-refractivity contribution is 8.93. The topological polar surface area (TPSA) is 54.4 Å². The van der Waals surface area contributed by atoms with Gasteiger partial charge in [0, 0.05) is 0 Å². The highest BCUT2D eigenvalue weighted by atomic mass is 79.9. The Balaban J connectivity index is 0. The third-order valence-corrected chi connectivity index (χ3v) is 1.09. The lowest BCUT2D eigenvalue weighted by Crippen LogP contribution is -1.97. The quantitative estimate of drug-likeness (QED) is 0.613. The van der Waals surface area contributed by atoms with Crippen molar-refractivity contribution >= 4 is 27.1 Å². The Kier molecular flexibility index (Phi) is 5.04. The Labute approximate surface area is 53.2 Å². The van der Waals surface area contributed by atoms with Gasteiger partial charge >= 0.3 is 0 Å². The number of hydrogen-bond donors (Lipinski definition) is 1. The first-order valence-corrected chi connectivity index (χ1v) is 3.12. The zero-order chi connectivity index (χ0) is 5.21. The van der Waals surface area contributed by atoms with Crippen molar-refractivity contribution < 1.29 is 13.0 Å². The van der Waals surface area contributed by atoms with E-state index in [1.165, 1.54) is 6.92 Å². The summed E-state index contributed by atoms with van der Waals surface area (Å²) in [5, 5.41) is 0. The Bertz CT molecular complexity index is 115. The molecule has 0 aliphatic rings. The molecule has 0 rings (SSSR count). The van der Waals surface area contributed by atoms with Crippen LogP contribution in [0.1, 0.15) is 6.92 Å². The standard InChI is InChI=1S/C2H6O3S.BrH/c1-2-6(3,4)5;/h2H2,1H3,(H,3,4,5);1H. The normalized spacial score (nSPS) is 10.0. The molecular formula is C2H7BrO3S. The fraction of sp³-hybridized carbons (Fsp3) is 1.00. The van der Waals surface area contributed by atoms with Crippen LogP contribution in [0.15, 0.2) is 0 Å². The van der Waals surface area contributed by atoms with Crippen LogP contribution in [-0.2, 0) is 10.1 Å². The average Bonchev–Trinajstić information content (AvgIpc) is 1.35. The van der Waals surface area contributed by atoms with E-state index in [0.29, 0.717) is 0 Å². The smallest absolute Gasteiger partial charge is 0.264 e. The molecule has 0 bridgehead atoms. The summed E-state index contributed by atoms with van der Waals surface area (Å²) < 4.78 is 26.9. The van der Waals surface area contributed by atoms with Crippen molar-refractivity contribution in [2.45, 2.75) is 6.92 Å². The van der Waals surface area contributed by atoms with Gasteiger partial charge in [-0.1, -0.05) is 0 Å². The van der Waals surface area contributed by atoms with Crippen LogP contribution in [0.2, 0.25) is 0 Å². The molecule has 0 fully saturated rings. The zero-order valence-corrected chi connectivity index (χ0v) is 6.32. The van der Waals surface area contributed by atoms with Gasteiger partial charge in [0.1, 0.15) is 0 Å². The van der Waals surface area contributed by atoms with E-state index in [2.05, 4.69) is 0 Å². The third kappa shape index (κ3) is 10.7. The number of rotatable bonds is 1. The summed E-state index contributed by atoms with van der Waals surface area (Å²) in [4.78, 5) is 0. The molecule has 0 aromatic rings. The van der Waals surface area contributed by atoms with E-state index in [0.717, 1.165) is 0 Å². The van der Waals surface area contributed by atoms with E-state index in [1.807, 2.05) is 0 Å². The number of hydrogen-bond acceptors (Lipinski definition) is 2. The summed E-state index contributed by atoms with van der Waals surface area (Å²) in [6.07, 6.45) is 0. The summed E-state index contributed by atoms with van der Waals surface area (Å²) in [5.74, 6) is -0.201. The summed E-state index contributed by atoms with van der Waals surface area (Å²) in [7, 11) is -3.66. The largest absolute Gasteiger partial charge is 0.286 e. The van der Waals surface area contributed by atoms with E-state index in [-0.39, 0.29) is 22.7 Å². The van der Waals surface area contributed by atoms with Crippen molar-refractivity contribution in [1.29, 1.82) is 0 Å². The van der Waals surface area contributed by atoms with Crippen molar-refractivity contribution in [3.63, 3.8) is 0 Å². The molecule has 3 nitrogen and oxygen atoms in total. The van der Waals surface area contributed by atoms with Crippen molar-refractivity contribution in [2.24, 2.45) is 0 Å². The molecule has 1 N–H and O–H groups in total.